The molecule has 0 saturated heterocycles. The lowest BCUT2D eigenvalue weighted by Gasteiger charge is -2.52. The number of carbonyl (C=O) groups excluding carboxylic acids is 1. The van der Waals surface area contributed by atoms with Crippen molar-refractivity contribution in [2.24, 2.45) is 11.3 Å². The number of ketones is 1. The van der Waals surface area contributed by atoms with E-state index in [2.05, 4.69) is 0 Å². The number of carbonyl (C=O) groups is 1. The first-order chi connectivity index (χ1) is 4.31. The van der Waals surface area contributed by atoms with Gasteiger partial charge in [0.2, 0.25) is 0 Å². The van der Waals surface area contributed by atoms with E-state index in [1.54, 1.807) is 6.92 Å². The fraction of sp³-hybridized carbons (Fsp3) is 0.875. The zero-order valence-electron chi connectivity index (χ0n) is 6.93. The Morgan fingerprint density at radius 2 is 1.80 bits per heavy atom. The SMILES string of the molecule is CC1C(C)(C)C(=O)C1(C)O. The summed E-state index contributed by atoms with van der Waals surface area (Å²) in [4.78, 5) is 11.2. The molecular formula is C8H14O2. The molecule has 10 heavy (non-hydrogen) atoms. The van der Waals surface area contributed by atoms with Gasteiger partial charge in [-0.1, -0.05) is 20.8 Å². The minimum atomic E-state index is -1.07. The first-order valence-corrected chi connectivity index (χ1v) is 3.58. The molecule has 1 saturated carbocycles. The van der Waals surface area contributed by atoms with Crippen LogP contribution in [-0.2, 0) is 4.79 Å². The van der Waals surface area contributed by atoms with Gasteiger partial charge in [-0.3, -0.25) is 4.79 Å². The molecule has 0 amide bonds. The van der Waals surface area contributed by atoms with Crippen molar-refractivity contribution in [2.75, 3.05) is 0 Å². The molecule has 0 aromatic rings. The second kappa shape index (κ2) is 1.62. The summed E-state index contributed by atoms with van der Waals surface area (Å²) in [6.07, 6.45) is 0. The number of Topliss-reactive ketones (excluding diaryl/α,β-unsaturated/α-hetero) is 1. The predicted molar refractivity (Wildman–Crippen MR) is 38.6 cm³/mol. The number of hydrogen-bond acceptors (Lipinski definition) is 2. The molecule has 1 aliphatic carbocycles. The van der Waals surface area contributed by atoms with Gasteiger partial charge in [0.1, 0.15) is 5.60 Å². The van der Waals surface area contributed by atoms with E-state index < -0.39 is 5.60 Å². The summed E-state index contributed by atoms with van der Waals surface area (Å²) in [7, 11) is 0. The second-order valence-electron chi connectivity index (χ2n) is 3.92. The Hall–Kier alpha value is -0.370. The van der Waals surface area contributed by atoms with E-state index in [-0.39, 0.29) is 17.1 Å². The highest BCUT2D eigenvalue weighted by molar-refractivity contribution is 5.98. The van der Waals surface area contributed by atoms with Crippen LogP contribution < -0.4 is 0 Å². The summed E-state index contributed by atoms with van der Waals surface area (Å²) < 4.78 is 0. The van der Waals surface area contributed by atoms with Crippen LogP contribution >= 0.6 is 0 Å². The summed E-state index contributed by atoms with van der Waals surface area (Å²) >= 11 is 0. The van der Waals surface area contributed by atoms with Crippen LogP contribution in [0.3, 0.4) is 0 Å². The molecule has 1 fully saturated rings. The van der Waals surface area contributed by atoms with Gasteiger partial charge in [0.05, 0.1) is 0 Å². The van der Waals surface area contributed by atoms with E-state index in [0.29, 0.717) is 0 Å². The molecule has 2 nitrogen and oxygen atoms in total. The molecule has 0 aliphatic heterocycles. The molecular weight excluding hydrogens is 128 g/mol. The Kier molecular flexibility index (Phi) is 1.25. The van der Waals surface area contributed by atoms with Gasteiger partial charge in [-0.05, 0) is 6.92 Å². The Bertz CT molecular complexity index is 162. The smallest absolute Gasteiger partial charge is 0.170 e. The van der Waals surface area contributed by atoms with E-state index in [9.17, 15) is 9.90 Å². The molecule has 1 N–H and O–H groups in total. The summed E-state index contributed by atoms with van der Waals surface area (Å²) in [5, 5.41) is 9.44. The molecule has 1 rings (SSSR count). The Balaban J connectivity index is 2.89. The van der Waals surface area contributed by atoms with E-state index in [0.717, 1.165) is 0 Å². The highest BCUT2D eigenvalue weighted by atomic mass is 16.3. The lowest BCUT2D eigenvalue weighted by atomic mass is 9.53. The van der Waals surface area contributed by atoms with Crippen molar-refractivity contribution in [1.29, 1.82) is 0 Å². The lowest BCUT2D eigenvalue weighted by Crippen LogP contribution is -2.65. The Morgan fingerprint density at radius 3 is 1.90 bits per heavy atom. The van der Waals surface area contributed by atoms with Crippen LogP contribution in [0.1, 0.15) is 27.7 Å². The molecule has 0 aromatic heterocycles. The van der Waals surface area contributed by atoms with Crippen molar-refractivity contribution in [3.63, 3.8) is 0 Å². The van der Waals surface area contributed by atoms with Crippen molar-refractivity contribution in [1.82, 2.24) is 0 Å². The molecule has 0 heterocycles. The van der Waals surface area contributed by atoms with Gasteiger partial charge in [0, 0.05) is 11.3 Å². The molecule has 2 atom stereocenters. The van der Waals surface area contributed by atoms with Crippen molar-refractivity contribution in [2.45, 2.75) is 33.3 Å². The quantitative estimate of drug-likeness (QED) is 0.547. The second-order valence-corrected chi connectivity index (χ2v) is 3.92. The van der Waals surface area contributed by atoms with E-state index in [1.807, 2.05) is 20.8 Å². The zero-order valence-corrected chi connectivity index (χ0v) is 6.93. The maximum absolute atomic E-state index is 11.2. The first-order valence-electron chi connectivity index (χ1n) is 3.58. The minimum Gasteiger partial charge on any atom is -0.382 e. The van der Waals surface area contributed by atoms with Crippen molar-refractivity contribution in [3.05, 3.63) is 0 Å². The summed E-state index contributed by atoms with van der Waals surface area (Å²) in [5.41, 5.74) is -1.38. The summed E-state index contributed by atoms with van der Waals surface area (Å²) in [5.74, 6) is 0.0417. The van der Waals surface area contributed by atoms with Gasteiger partial charge >= 0.3 is 0 Å². The average molecular weight is 142 g/mol. The molecule has 1 aliphatic rings. The highest BCUT2D eigenvalue weighted by Crippen LogP contribution is 2.49. The molecule has 0 radical (unpaired) electrons. The number of rotatable bonds is 0. The van der Waals surface area contributed by atoms with Crippen LogP contribution in [0.5, 0.6) is 0 Å². The van der Waals surface area contributed by atoms with E-state index >= 15 is 0 Å². The van der Waals surface area contributed by atoms with Crippen LogP contribution in [0.2, 0.25) is 0 Å². The zero-order chi connectivity index (χ0) is 8.15. The highest BCUT2D eigenvalue weighted by Gasteiger charge is 2.60. The van der Waals surface area contributed by atoms with Crippen molar-refractivity contribution in [3.8, 4) is 0 Å². The van der Waals surface area contributed by atoms with Crippen LogP contribution in [0.25, 0.3) is 0 Å². The third kappa shape index (κ3) is 0.601. The van der Waals surface area contributed by atoms with Gasteiger partial charge < -0.3 is 5.11 Å². The van der Waals surface area contributed by atoms with Crippen LogP contribution in [0.4, 0.5) is 0 Å². The van der Waals surface area contributed by atoms with Gasteiger partial charge in [0.25, 0.3) is 0 Å². The van der Waals surface area contributed by atoms with Crippen molar-refractivity contribution >= 4 is 5.78 Å². The van der Waals surface area contributed by atoms with E-state index in [1.165, 1.54) is 0 Å². The summed E-state index contributed by atoms with van der Waals surface area (Å²) in [6, 6.07) is 0. The van der Waals surface area contributed by atoms with Crippen LogP contribution in [-0.4, -0.2) is 16.5 Å². The lowest BCUT2D eigenvalue weighted by molar-refractivity contribution is -0.184. The maximum atomic E-state index is 11.2. The van der Waals surface area contributed by atoms with Gasteiger partial charge in [-0.2, -0.15) is 0 Å². The summed E-state index contributed by atoms with van der Waals surface area (Å²) in [6.45, 7) is 7.24. The van der Waals surface area contributed by atoms with Gasteiger partial charge in [0.15, 0.2) is 5.78 Å². The fourth-order valence-corrected chi connectivity index (χ4v) is 1.67. The molecule has 0 spiro atoms. The fourth-order valence-electron chi connectivity index (χ4n) is 1.67. The third-order valence-corrected chi connectivity index (χ3v) is 2.97. The standard InChI is InChI=1S/C8H14O2/c1-5-7(2,3)6(9)8(5,4)10/h5,10H,1-4H3. The predicted octanol–water partition coefficient (Wildman–Crippen LogP) is 0.982. The number of hydrogen-bond donors (Lipinski definition) is 1. The minimum absolute atomic E-state index is 0.0347. The normalized spacial score (nSPS) is 44.9. The first kappa shape index (κ1) is 7.73. The topological polar surface area (TPSA) is 37.3 Å². The Labute approximate surface area is 61.2 Å². The van der Waals surface area contributed by atoms with Crippen molar-refractivity contribution < 1.29 is 9.90 Å². The molecule has 2 heteroatoms. The largest absolute Gasteiger partial charge is 0.382 e. The Morgan fingerprint density at radius 1 is 1.40 bits per heavy atom. The average Bonchev–Trinajstić information content (AvgIpc) is 1.84. The molecule has 2 unspecified atom stereocenters. The molecule has 0 aromatic carbocycles. The van der Waals surface area contributed by atoms with Crippen LogP contribution in [0, 0.1) is 11.3 Å². The number of aliphatic hydroxyl groups is 1. The third-order valence-electron chi connectivity index (χ3n) is 2.97. The monoisotopic (exact) mass is 142 g/mol. The maximum Gasteiger partial charge on any atom is 0.170 e. The molecule has 58 valence electrons. The van der Waals surface area contributed by atoms with E-state index in [4.69, 9.17) is 0 Å². The van der Waals surface area contributed by atoms with Gasteiger partial charge in [-0.25, -0.2) is 0 Å². The van der Waals surface area contributed by atoms with Gasteiger partial charge in [-0.15, -0.1) is 0 Å². The van der Waals surface area contributed by atoms with Crippen LogP contribution in [0.15, 0.2) is 0 Å². The molecule has 0 bridgehead atoms.